The molecule has 0 aromatic heterocycles. The first-order chi connectivity index (χ1) is 11.6. The lowest BCUT2D eigenvalue weighted by atomic mass is 10.0. The molecule has 8 heteroatoms. The summed E-state index contributed by atoms with van der Waals surface area (Å²) in [5, 5.41) is 6.15. The maximum Gasteiger partial charge on any atom is 0.352 e. The Kier molecular flexibility index (Phi) is 7.12. The first kappa shape index (κ1) is 20.6. The summed E-state index contributed by atoms with van der Waals surface area (Å²) in [5.74, 6) is -1.07. The number of hydrogen-bond donors (Lipinski definition) is 1. The van der Waals surface area contributed by atoms with Crippen LogP contribution in [0.2, 0.25) is 0 Å². The highest BCUT2D eigenvalue weighted by Gasteiger charge is 2.31. The number of oxime groups is 1. The fraction of sp³-hybridized carbons (Fsp3) is 0.471. The van der Waals surface area contributed by atoms with Gasteiger partial charge in [-0.05, 0) is 20.3 Å². The zero-order valence-electron chi connectivity index (χ0n) is 14.8. The lowest BCUT2D eigenvalue weighted by Crippen LogP contribution is -2.50. The van der Waals surface area contributed by atoms with Crippen LogP contribution in [0, 0.1) is 12.5 Å². The first-order valence-corrected chi connectivity index (χ1v) is 9.42. The smallest absolute Gasteiger partial charge is 0.352 e. The number of nitrogens with zero attached hydrogens (tertiary/aromatic N) is 2. The summed E-state index contributed by atoms with van der Waals surface area (Å²) in [6.45, 7) is 13.9. The van der Waals surface area contributed by atoms with E-state index in [1.807, 2.05) is 6.92 Å². The molecule has 1 aromatic carbocycles. The lowest BCUT2D eigenvalue weighted by Gasteiger charge is -2.26. The Morgan fingerprint density at radius 3 is 2.48 bits per heavy atom. The van der Waals surface area contributed by atoms with Crippen LogP contribution < -0.4 is 5.32 Å². The molecule has 7 nitrogen and oxygen atoms in total. The van der Waals surface area contributed by atoms with Crippen molar-refractivity contribution in [2.24, 2.45) is 11.1 Å². The van der Waals surface area contributed by atoms with Crippen molar-refractivity contribution in [2.75, 3.05) is 5.75 Å². The zero-order valence-corrected chi connectivity index (χ0v) is 15.6. The van der Waals surface area contributed by atoms with Crippen molar-refractivity contribution in [1.29, 1.82) is 0 Å². The molecular formula is C17H23N3O4S. The van der Waals surface area contributed by atoms with Crippen LogP contribution in [-0.2, 0) is 19.2 Å². The number of benzene rings is 1. The van der Waals surface area contributed by atoms with E-state index in [0.717, 1.165) is 0 Å². The molecule has 0 saturated heterocycles. The maximum atomic E-state index is 12.1. The van der Waals surface area contributed by atoms with E-state index in [-0.39, 0.29) is 17.7 Å². The van der Waals surface area contributed by atoms with E-state index < -0.39 is 21.4 Å². The van der Waals surface area contributed by atoms with E-state index in [0.29, 0.717) is 12.0 Å². The average molecular weight is 365 g/mol. The number of carbonyl (C=O) groups excluding carboxylic acids is 1. The Morgan fingerprint density at radius 1 is 1.36 bits per heavy atom. The van der Waals surface area contributed by atoms with Crippen LogP contribution in [0.3, 0.4) is 0 Å². The topological polar surface area (TPSA) is 89.2 Å². The fourth-order valence-electron chi connectivity index (χ4n) is 1.96. The number of rotatable bonds is 8. The van der Waals surface area contributed by atoms with Gasteiger partial charge in [-0.1, -0.05) is 50.8 Å². The summed E-state index contributed by atoms with van der Waals surface area (Å²) >= 11 is 0. The van der Waals surface area contributed by atoms with E-state index in [2.05, 4.69) is 19.6 Å². The Hall–Kier alpha value is -2.40. The molecule has 1 atom stereocenters. The molecule has 0 spiro atoms. The molecule has 0 radical (unpaired) electrons. The quantitative estimate of drug-likeness (QED) is 0.332. The van der Waals surface area contributed by atoms with Crippen LogP contribution in [0.25, 0.3) is 4.85 Å². The lowest BCUT2D eigenvalue weighted by molar-refractivity contribution is -0.125. The molecule has 0 heterocycles. The molecule has 0 bridgehead atoms. The van der Waals surface area contributed by atoms with Crippen molar-refractivity contribution >= 4 is 21.9 Å². The normalized spacial score (nSPS) is 13.6. The third-order valence-electron chi connectivity index (χ3n) is 3.43. The number of hydrogen-bond acceptors (Lipinski definition) is 5. The number of amidine groups is 1. The van der Waals surface area contributed by atoms with E-state index >= 15 is 0 Å². The summed E-state index contributed by atoms with van der Waals surface area (Å²) in [6, 6.07) is 8.44. The molecule has 0 aliphatic heterocycles. The van der Waals surface area contributed by atoms with Gasteiger partial charge in [0.2, 0.25) is 5.91 Å². The summed E-state index contributed by atoms with van der Waals surface area (Å²) in [5.41, 5.74) is -0.572. The average Bonchev–Trinajstić information content (AvgIpc) is 2.53. The minimum Gasteiger partial charge on any atom is -0.357 e. The van der Waals surface area contributed by atoms with Crippen LogP contribution in [0.4, 0.5) is 0 Å². The highest BCUT2D eigenvalue weighted by molar-refractivity contribution is 7.86. The van der Waals surface area contributed by atoms with Gasteiger partial charge in [0, 0.05) is 11.5 Å². The van der Waals surface area contributed by atoms with Crippen molar-refractivity contribution in [3.05, 3.63) is 47.3 Å². The first-order valence-electron chi connectivity index (χ1n) is 7.84. The van der Waals surface area contributed by atoms with Crippen LogP contribution in [0.5, 0.6) is 0 Å². The molecule has 0 aliphatic carbocycles. The monoisotopic (exact) mass is 365 g/mol. The van der Waals surface area contributed by atoms with Gasteiger partial charge in [-0.15, -0.1) is 0 Å². The van der Waals surface area contributed by atoms with Gasteiger partial charge in [0.15, 0.2) is 0 Å². The molecule has 0 saturated carbocycles. The van der Waals surface area contributed by atoms with E-state index in [9.17, 15) is 13.2 Å². The van der Waals surface area contributed by atoms with Gasteiger partial charge in [0.25, 0.3) is 0 Å². The molecule has 1 amide bonds. The number of nitrogens with one attached hydrogen (secondary N) is 1. The van der Waals surface area contributed by atoms with Crippen molar-refractivity contribution in [3.8, 4) is 0 Å². The molecule has 0 fully saturated rings. The highest BCUT2D eigenvalue weighted by atomic mass is 32.2. The zero-order chi connectivity index (χ0) is 19.1. The Labute approximate surface area is 149 Å². The van der Waals surface area contributed by atoms with Gasteiger partial charge in [0.1, 0.15) is 5.75 Å². The largest absolute Gasteiger partial charge is 0.357 e. The van der Waals surface area contributed by atoms with Gasteiger partial charge in [-0.2, -0.15) is 12.7 Å². The van der Waals surface area contributed by atoms with Crippen molar-refractivity contribution < 1.29 is 17.5 Å². The number of carbonyl (C=O) groups is 1. The third kappa shape index (κ3) is 6.93. The second-order valence-electron chi connectivity index (χ2n) is 6.35. The molecule has 0 aliphatic rings. The summed E-state index contributed by atoms with van der Waals surface area (Å²) in [4.78, 5) is 15.1. The van der Waals surface area contributed by atoms with Gasteiger partial charge < -0.3 is 10.2 Å². The Morgan fingerprint density at radius 2 is 1.96 bits per heavy atom. The van der Waals surface area contributed by atoms with E-state index in [4.69, 9.17) is 6.57 Å². The van der Waals surface area contributed by atoms with Gasteiger partial charge in [-0.25, -0.2) is 0 Å². The van der Waals surface area contributed by atoms with Crippen molar-refractivity contribution in [2.45, 2.75) is 39.7 Å². The second kappa shape index (κ2) is 8.62. The van der Waals surface area contributed by atoms with Crippen LogP contribution in [0.15, 0.2) is 35.5 Å². The predicted octanol–water partition coefficient (Wildman–Crippen LogP) is 2.55. The van der Waals surface area contributed by atoms with Crippen LogP contribution in [-0.4, -0.2) is 31.5 Å². The minimum absolute atomic E-state index is 0.161. The van der Waals surface area contributed by atoms with E-state index in [1.54, 1.807) is 51.1 Å². The highest BCUT2D eigenvalue weighted by Crippen LogP contribution is 2.12. The minimum atomic E-state index is -4.08. The second-order valence-corrected chi connectivity index (χ2v) is 7.90. The van der Waals surface area contributed by atoms with Crippen LogP contribution in [0.1, 0.15) is 39.7 Å². The summed E-state index contributed by atoms with van der Waals surface area (Å²) in [7, 11) is -4.08. The predicted molar refractivity (Wildman–Crippen MR) is 96.1 cm³/mol. The molecule has 136 valence electrons. The molecule has 1 rings (SSSR count). The fourth-order valence-corrected chi connectivity index (χ4v) is 3.16. The van der Waals surface area contributed by atoms with Gasteiger partial charge in [0.05, 0.1) is 10.7 Å². The molecule has 25 heavy (non-hydrogen) atoms. The Balaban J connectivity index is 2.83. The van der Waals surface area contributed by atoms with Gasteiger partial charge in [-0.3, -0.25) is 4.79 Å². The Bertz CT molecular complexity index is 765. The summed E-state index contributed by atoms with van der Waals surface area (Å²) < 4.78 is 28.9. The van der Waals surface area contributed by atoms with Crippen molar-refractivity contribution in [3.63, 3.8) is 0 Å². The molecule has 1 aromatic rings. The SMILES string of the molecule is [C-]#[N+]C(=NOS(=O)(=O)CC(C)(C)NC(=O)C(C)CC)c1ccccc1. The maximum absolute atomic E-state index is 12.1. The van der Waals surface area contributed by atoms with E-state index in [1.165, 1.54) is 0 Å². The molecule has 1 N–H and O–H groups in total. The van der Waals surface area contributed by atoms with Gasteiger partial charge >= 0.3 is 16.0 Å². The van der Waals surface area contributed by atoms with Crippen LogP contribution >= 0.6 is 0 Å². The third-order valence-corrected chi connectivity index (χ3v) is 4.81. The van der Waals surface area contributed by atoms with Crippen molar-refractivity contribution in [1.82, 2.24) is 5.32 Å². The molecular weight excluding hydrogens is 342 g/mol. The standard InChI is InChI=1S/C17H23N3O4S/c1-6-13(2)16(21)19-17(3,4)12-25(22,23)24-20-15(18-5)14-10-8-7-9-11-14/h7-11,13H,6,12H2,1-4H3,(H,19,21). The molecule has 1 unspecified atom stereocenters. The number of amides is 1. The summed E-state index contributed by atoms with van der Waals surface area (Å²) in [6.07, 6.45) is 0.654.